The predicted molar refractivity (Wildman–Crippen MR) is 107 cm³/mol. The van der Waals surface area contributed by atoms with Gasteiger partial charge in [-0.1, -0.05) is 30.3 Å². The van der Waals surface area contributed by atoms with Gasteiger partial charge in [-0.2, -0.15) is 0 Å². The number of aliphatic hydroxyl groups is 1. The van der Waals surface area contributed by atoms with Gasteiger partial charge in [0.1, 0.15) is 17.6 Å². The number of furan rings is 1. The van der Waals surface area contributed by atoms with Gasteiger partial charge in [-0.25, -0.2) is 4.98 Å². The van der Waals surface area contributed by atoms with Gasteiger partial charge < -0.3 is 20.2 Å². The van der Waals surface area contributed by atoms with Crippen molar-refractivity contribution in [1.82, 2.24) is 9.88 Å². The van der Waals surface area contributed by atoms with Crippen molar-refractivity contribution in [3.05, 3.63) is 76.1 Å². The van der Waals surface area contributed by atoms with Crippen molar-refractivity contribution in [3.63, 3.8) is 0 Å². The van der Waals surface area contributed by atoms with Crippen LogP contribution in [0.25, 0.3) is 0 Å². The Labute approximate surface area is 168 Å². The Kier molecular flexibility index (Phi) is 7.99. The maximum Gasteiger partial charge on any atom is 0.273 e. The predicted octanol–water partition coefficient (Wildman–Crippen LogP) is 3.04. The molecule has 0 fully saturated rings. The van der Waals surface area contributed by atoms with E-state index in [1.807, 2.05) is 30.3 Å². The van der Waals surface area contributed by atoms with Crippen LogP contribution in [-0.2, 0) is 13.0 Å². The van der Waals surface area contributed by atoms with E-state index in [1.54, 1.807) is 22.4 Å². The molecule has 0 aliphatic carbocycles. The smallest absolute Gasteiger partial charge is 0.273 e. The number of benzene rings is 1. The van der Waals surface area contributed by atoms with E-state index in [4.69, 9.17) is 10.2 Å². The number of halogens is 1. The van der Waals surface area contributed by atoms with Crippen molar-refractivity contribution in [2.24, 2.45) is 5.73 Å². The molecule has 1 unspecified atom stereocenters. The summed E-state index contributed by atoms with van der Waals surface area (Å²) < 4.78 is 5.25. The monoisotopic (exact) mass is 407 g/mol. The van der Waals surface area contributed by atoms with Gasteiger partial charge in [0.2, 0.25) is 0 Å². The number of aliphatic hydroxyl groups excluding tert-OH is 1. The Hall–Kier alpha value is -2.19. The minimum absolute atomic E-state index is 0. The molecular weight excluding hydrogens is 386 g/mol. The highest BCUT2D eigenvalue weighted by molar-refractivity contribution is 7.09. The number of nitrogens with two attached hydrogens (primary N) is 1. The second-order valence-electron chi connectivity index (χ2n) is 5.87. The highest BCUT2D eigenvalue weighted by atomic mass is 35.5. The molecule has 3 rings (SSSR count). The molecule has 0 aliphatic rings. The van der Waals surface area contributed by atoms with E-state index < -0.39 is 6.10 Å². The summed E-state index contributed by atoms with van der Waals surface area (Å²) in [5, 5.41) is 13.0. The van der Waals surface area contributed by atoms with Crippen molar-refractivity contribution < 1.29 is 14.3 Å². The first kappa shape index (κ1) is 21.1. The molecule has 0 saturated carbocycles. The van der Waals surface area contributed by atoms with Crippen molar-refractivity contribution in [1.29, 1.82) is 0 Å². The van der Waals surface area contributed by atoms with Gasteiger partial charge in [0.25, 0.3) is 5.91 Å². The number of carbonyl (C=O) groups excluding carboxylic acids is 1. The van der Waals surface area contributed by atoms with Crippen LogP contribution in [0.3, 0.4) is 0 Å². The number of aromatic nitrogens is 1. The topological polar surface area (TPSA) is 92.6 Å². The van der Waals surface area contributed by atoms with Crippen molar-refractivity contribution in [2.75, 3.05) is 13.1 Å². The Morgan fingerprint density at radius 3 is 2.70 bits per heavy atom. The average molecular weight is 408 g/mol. The van der Waals surface area contributed by atoms with E-state index in [1.165, 1.54) is 17.6 Å². The fraction of sp³-hybridized carbons (Fsp3) is 0.263. The molecule has 6 nitrogen and oxygen atoms in total. The molecule has 8 heteroatoms. The third kappa shape index (κ3) is 5.64. The number of thiazole rings is 1. The molecule has 2 aromatic heterocycles. The summed E-state index contributed by atoms with van der Waals surface area (Å²) in [5.41, 5.74) is 6.91. The highest BCUT2D eigenvalue weighted by Gasteiger charge is 2.23. The zero-order chi connectivity index (χ0) is 18.4. The second kappa shape index (κ2) is 10.2. The van der Waals surface area contributed by atoms with Crippen LogP contribution in [-0.4, -0.2) is 34.0 Å². The number of hydrogen-bond acceptors (Lipinski definition) is 6. The van der Waals surface area contributed by atoms with Crippen LogP contribution >= 0.6 is 23.7 Å². The highest BCUT2D eigenvalue weighted by Crippen LogP contribution is 2.19. The lowest BCUT2D eigenvalue weighted by Crippen LogP contribution is -2.34. The first-order chi connectivity index (χ1) is 12.7. The third-order valence-corrected chi connectivity index (χ3v) is 4.81. The summed E-state index contributed by atoms with van der Waals surface area (Å²) in [5.74, 6) is 0.206. The molecule has 0 radical (unpaired) electrons. The molecule has 3 aromatic rings. The molecular formula is C19H22ClN3O3S. The minimum Gasteiger partial charge on any atom is -0.467 e. The van der Waals surface area contributed by atoms with Crippen LogP contribution < -0.4 is 5.73 Å². The maximum atomic E-state index is 13.0. The van der Waals surface area contributed by atoms with Crippen molar-refractivity contribution in [3.8, 4) is 0 Å². The molecule has 1 amide bonds. The van der Waals surface area contributed by atoms with Gasteiger partial charge in [-0.3, -0.25) is 4.79 Å². The average Bonchev–Trinajstić information content (AvgIpc) is 3.34. The van der Waals surface area contributed by atoms with Crippen LogP contribution in [0.4, 0.5) is 0 Å². The Balaban J connectivity index is 0.00000261. The number of rotatable bonds is 8. The lowest BCUT2D eigenvalue weighted by molar-refractivity contribution is 0.0558. The Bertz CT molecular complexity index is 824. The van der Waals surface area contributed by atoms with Gasteiger partial charge >= 0.3 is 0 Å². The van der Waals surface area contributed by atoms with Crippen LogP contribution in [0.15, 0.2) is 58.5 Å². The van der Waals surface area contributed by atoms with E-state index in [-0.39, 0.29) is 24.9 Å². The Morgan fingerprint density at radius 2 is 2.04 bits per heavy atom. The molecule has 1 aromatic carbocycles. The largest absolute Gasteiger partial charge is 0.467 e. The minimum atomic E-state index is -0.903. The first-order valence-electron chi connectivity index (χ1n) is 8.36. The summed E-state index contributed by atoms with van der Waals surface area (Å²) in [6, 6.07) is 13.1. The number of hydrogen-bond donors (Lipinski definition) is 2. The van der Waals surface area contributed by atoms with Gasteiger partial charge in [0.15, 0.2) is 0 Å². The van der Waals surface area contributed by atoms with Crippen molar-refractivity contribution >= 4 is 29.7 Å². The number of carbonyl (C=O) groups is 1. The quantitative estimate of drug-likeness (QED) is 0.598. The molecule has 1 atom stereocenters. The van der Waals surface area contributed by atoms with Gasteiger partial charge in [0, 0.05) is 18.3 Å². The SMILES string of the molecule is Cl.NCCc1nc(C(=O)N(Cc2ccccc2)CC(O)c2ccco2)cs1. The van der Waals surface area contributed by atoms with E-state index in [0.717, 1.165) is 10.6 Å². The molecule has 0 saturated heterocycles. The summed E-state index contributed by atoms with van der Waals surface area (Å²) in [7, 11) is 0. The van der Waals surface area contributed by atoms with Crippen LogP contribution in [0.5, 0.6) is 0 Å². The lowest BCUT2D eigenvalue weighted by Gasteiger charge is -2.24. The van der Waals surface area contributed by atoms with Crippen LogP contribution in [0.2, 0.25) is 0 Å². The van der Waals surface area contributed by atoms with E-state index in [9.17, 15) is 9.90 Å². The van der Waals surface area contributed by atoms with Gasteiger partial charge in [-0.15, -0.1) is 23.7 Å². The standard InChI is InChI=1S/C19H21N3O3S.ClH/c20-9-8-18-21-15(13-26-18)19(24)22(11-14-5-2-1-3-6-14)12-16(23)17-7-4-10-25-17;/h1-7,10,13,16,23H,8-9,11-12,20H2;1H. The van der Waals surface area contributed by atoms with Gasteiger partial charge in [-0.05, 0) is 24.2 Å². The summed E-state index contributed by atoms with van der Waals surface area (Å²) >= 11 is 1.42. The fourth-order valence-corrected chi connectivity index (χ4v) is 3.40. The normalized spacial score (nSPS) is 11.6. The van der Waals surface area contributed by atoms with Crippen molar-refractivity contribution in [2.45, 2.75) is 19.1 Å². The zero-order valence-electron chi connectivity index (χ0n) is 14.7. The summed E-state index contributed by atoms with van der Waals surface area (Å²) in [6.45, 7) is 0.984. The summed E-state index contributed by atoms with van der Waals surface area (Å²) in [4.78, 5) is 18.9. The van der Waals surface area contributed by atoms with E-state index in [2.05, 4.69) is 4.98 Å². The second-order valence-corrected chi connectivity index (χ2v) is 6.81. The molecule has 0 bridgehead atoms. The van der Waals surface area contributed by atoms with E-state index >= 15 is 0 Å². The lowest BCUT2D eigenvalue weighted by atomic mass is 10.2. The molecule has 2 heterocycles. The first-order valence-corrected chi connectivity index (χ1v) is 9.24. The third-order valence-electron chi connectivity index (χ3n) is 3.90. The van der Waals surface area contributed by atoms with E-state index in [0.29, 0.717) is 31.0 Å². The molecule has 0 spiro atoms. The summed E-state index contributed by atoms with van der Waals surface area (Å²) in [6.07, 6.45) is 1.24. The Morgan fingerprint density at radius 1 is 1.26 bits per heavy atom. The van der Waals surface area contributed by atoms with Crippen LogP contribution in [0, 0.1) is 0 Å². The molecule has 144 valence electrons. The maximum absolute atomic E-state index is 13.0. The number of amides is 1. The van der Waals surface area contributed by atoms with Gasteiger partial charge in [0.05, 0.1) is 17.8 Å². The zero-order valence-corrected chi connectivity index (χ0v) is 16.3. The fourth-order valence-electron chi connectivity index (χ4n) is 2.61. The molecule has 0 aliphatic heterocycles. The number of nitrogens with zero attached hydrogens (tertiary/aromatic N) is 2. The molecule has 3 N–H and O–H groups in total. The van der Waals surface area contributed by atoms with Crippen LogP contribution in [0.1, 0.15) is 32.9 Å². The molecule has 27 heavy (non-hydrogen) atoms.